The number of nitrogens with one attached hydrogen (secondary N) is 2. The lowest BCUT2D eigenvalue weighted by atomic mass is 10.1. The molecule has 1 fully saturated rings. The molecule has 0 bridgehead atoms. The highest BCUT2D eigenvalue weighted by molar-refractivity contribution is 5.89. The van der Waals surface area contributed by atoms with E-state index >= 15 is 0 Å². The van der Waals surface area contributed by atoms with Gasteiger partial charge < -0.3 is 15.2 Å². The predicted molar refractivity (Wildman–Crippen MR) is 107 cm³/mol. The fourth-order valence-corrected chi connectivity index (χ4v) is 3.59. The summed E-state index contributed by atoms with van der Waals surface area (Å²) in [7, 11) is 1.88. The third kappa shape index (κ3) is 4.85. The zero-order chi connectivity index (χ0) is 22.0. The van der Waals surface area contributed by atoms with Crippen molar-refractivity contribution in [1.82, 2.24) is 20.4 Å². The molecule has 3 aromatic rings. The summed E-state index contributed by atoms with van der Waals surface area (Å²) in [6, 6.07) is 13.0. The molecule has 2 atom stereocenters. The van der Waals surface area contributed by atoms with Crippen LogP contribution in [0.4, 0.5) is 23.7 Å². The maximum absolute atomic E-state index is 12.8. The number of aromatic nitrogens is 2. The number of hydrogen-bond acceptors (Lipinski definition) is 5. The van der Waals surface area contributed by atoms with E-state index in [2.05, 4.69) is 20.8 Å². The van der Waals surface area contributed by atoms with Crippen LogP contribution in [-0.2, 0) is 6.18 Å². The Hall–Kier alpha value is -3.40. The number of amides is 2. The zero-order valence-corrected chi connectivity index (χ0v) is 16.6. The minimum absolute atomic E-state index is 0.0691. The molecule has 1 aliphatic heterocycles. The number of alkyl halides is 3. The normalized spacial score (nSPS) is 19.4. The summed E-state index contributed by atoms with van der Waals surface area (Å²) in [6.07, 6.45) is -3.94. The molecular formula is C21H20F3N5O2. The van der Waals surface area contributed by atoms with Gasteiger partial charge in [0, 0.05) is 23.8 Å². The van der Waals surface area contributed by atoms with Crippen LogP contribution in [0.5, 0.6) is 0 Å². The Balaban J connectivity index is 1.37. The van der Waals surface area contributed by atoms with Crippen LogP contribution < -0.4 is 10.6 Å². The smallest absolute Gasteiger partial charge is 0.337 e. The molecule has 0 spiro atoms. The van der Waals surface area contributed by atoms with Crippen molar-refractivity contribution in [3.8, 4) is 11.4 Å². The third-order valence-electron chi connectivity index (χ3n) is 5.09. The first kappa shape index (κ1) is 20.9. The highest BCUT2D eigenvalue weighted by atomic mass is 19.4. The van der Waals surface area contributed by atoms with Crippen molar-refractivity contribution in [2.45, 2.75) is 24.7 Å². The second kappa shape index (κ2) is 8.38. The number of carbonyl (C=O) groups excluding carboxylic acids is 1. The van der Waals surface area contributed by atoms with E-state index in [0.29, 0.717) is 24.7 Å². The molecule has 0 saturated carbocycles. The molecule has 2 amide bonds. The number of carbonyl (C=O) groups is 1. The van der Waals surface area contributed by atoms with Crippen molar-refractivity contribution in [3.63, 3.8) is 0 Å². The number of benzene rings is 2. The van der Waals surface area contributed by atoms with Crippen molar-refractivity contribution in [2.24, 2.45) is 0 Å². The summed E-state index contributed by atoms with van der Waals surface area (Å²) in [6.45, 7) is 0.531. The first-order valence-corrected chi connectivity index (χ1v) is 9.63. The van der Waals surface area contributed by atoms with Gasteiger partial charge in [0.1, 0.15) is 0 Å². The average Bonchev–Trinajstić information content (AvgIpc) is 3.35. The van der Waals surface area contributed by atoms with Crippen molar-refractivity contribution in [3.05, 3.63) is 66.1 Å². The first-order chi connectivity index (χ1) is 14.8. The largest absolute Gasteiger partial charge is 0.416 e. The monoisotopic (exact) mass is 431 g/mol. The van der Waals surface area contributed by atoms with Crippen LogP contribution in [0.3, 0.4) is 0 Å². The highest BCUT2D eigenvalue weighted by Crippen LogP contribution is 2.32. The predicted octanol–water partition coefficient (Wildman–Crippen LogP) is 4.32. The molecule has 0 aliphatic carbocycles. The van der Waals surface area contributed by atoms with Crippen LogP contribution in [0.2, 0.25) is 0 Å². The van der Waals surface area contributed by atoms with Gasteiger partial charge >= 0.3 is 12.2 Å². The SMILES string of the molecule is CN1C[C@@H](NC(=O)Nc2cccc(C(F)(F)F)c2)C[C@H]1c1nc(-c2ccccc2)no1. The number of halogens is 3. The van der Waals surface area contributed by atoms with Gasteiger partial charge in [0.05, 0.1) is 11.6 Å². The van der Waals surface area contributed by atoms with Crippen LogP contribution in [0.15, 0.2) is 59.1 Å². The Morgan fingerprint density at radius 1 is 1.16 bits per heavy atom. The Bertz CT molecular complexity index is 1050. The van der Waals surface area contributed by atoms with Gasteiger partial charge in [-0.1, -0.05) is 41.6 Å². The Morgan fingerprint density at radius 2 is 1.94 bits per heavy atom. The van der Waals surface area contributed by atoms with Crippen molar-refractivity contribution < 1.29 is 22.5 Å². The number of anilines is 1. The minimum Gasteiger partial charge on any atom is -0.337 e. The molecular weight excluding hydrogens is 411 g/mol. The highest BCUT2D eigenvalue weighted by Gasteiger charge is 2.35. The molecule has 0 unspecified atom stereocenters. The van der Waals surface area contributed by atoms with E-state index in [1.54, 1.807) is 0 Å². The Morgan fingerprint density at radius 3 is 2.68 bits per heavy atom. The van der Waals surface area contributed by atoms with E-state index in [-0.39, 0.29) is 17.8 Å². The lowest BCUT2D eigenvalue weighted by Crippen LogP contribution is -2.39. The quantitative estimate of drug-likeness (QED) is 0.643. The van der Waals surface area contributed by atoms with Crippen molar-refractivity contribution >= 4 is 11.7 Å². The standard InChI is InChI=1S/C21H20F3N5O2/c1-29-12-16(26-20(30)25-15-9-5-8-14(10-15)21(22,23)24)11-17(29)19-27-18(28-31-19)13-6-3-2-4-7-13/h2-10,16-17H,11-12H2,1H3,(H2,25,26,30)/t16-,17-/m0/s1. The number of likely N-dealkylation sites (tertiary alicyclic amines) is 1. The van der Waals surface area contributed by atoms with Gasteiger partial charge in [-0.25, -0.2) is 4.79 Å². The lowest BCUT2D eigenvalue weighted by molar-refractivity contribution is -0.137. The van der Waals surface area contributed by atoms with Crippen LogP contribution in [0.1, 0.15) is 23.9 Å². The van der Waals surface area contributed by atoms with Gasteiger partial charge in [0.25, 0.3) is 0 Å². The molecule has 2 N–H and O–H groups in total. The molecule has 7 nitrogen and oxygen atoms in total. The maximum Gasteiger partial charge on any atom is 0.416 e. The fraction of sp³-hybridized carbons (Fsp3) is 0.286. The second-order valence-electron chi connectivity index (χ2n) is 7.39. The van der Waals surface area contributed by atoms with Gasteiger partial charge in [-0.2, -0.15) is 18.2 Å². The maximum atomic E-state index is 12.8. The van der Waals surface area contributed by atoms with Crippen molar-refractivity contribution in [2.75, 3.05) is 18.9 Å². The molecule has 10 heteroatoms. The molecule has 1 aromatic heterocycles. The van der Waals surface area contributed by atoms with Gasteiger partial charge in [-0.05, 0) is 31.7 Å². The van der Waals surface area contributed by atoms with Crippen LogP contribution >= 0.6 is 0 Å². The van der Waals surface area contributed by atoms with E-state index in [9.17, 15) is 18.0 Å². The summed E-state index contributed by atoms with van der Waals surface area (Å²) >= 11 is 0. The summed E-state index contributed by atoms with van der Waals surface area (Å²) < 4.78 is 43.9. The molecule has 2 aromatic carbocycles. The zero-order valence-electron chi connectivity index (χ0n) is 16.6. The first-order valence-electron chi connectivity index (χ1n) is 9.63. The molecule has 31 heavy (non-hydrogen) atoms. The van der Waals surface area contributed by atoms with Crippen LogP contribution in [0, 0.1) is 0 Å². The molecule has 2 heterocycles. The Kier molecular flexibility index (Phi) is 5.64. The number of likely N-dealkylation sites (N-methyl/N-ethyl adjacent to an activating group) is 1. The summed E-state index contributed by atoms with van der Waals surface area (Å²) in [5.41, 5.74) is 0.0875. The molecule has 1 saturated heterocycles. The summed E-state index contributed by atoms with van der Waals surface area (Å²) in [4.78, 5) is 18.8. The molecule has 4 rings (SSSR count). The van der Waals surface area contributed by atoms with Gasteiger partial charge in [-0.15, -0.1) is 0 Å². The molecule has 0 radical (unpaired) electrons. The number of urea groups is 1. The van der Waals surface area contributed by atoms with Crippen LogP contribution in [0.25, 0.3) is 11.4 Å². The summed E-state index contributed by atoms with van der Waals surface area (Å²) in [5.74, 6) is 0.937. The Labute approximate surface area is 176 Å². The van der Waals surface area contributed by atoms with Gasteiger partial charge in [0.2, 0.25) is 11.7 Å². The van der Waals surface area contributed by atoms with E-state index in [0.717, 1.165) is 17.7 Å². The van der Waals surface area contributed by atoms with Crippen molar-refractivity contribution in [1.29, 1.82) is 0 Å². The summed E-state index contributed by atoms with van der Waals surface area (Å²) in [5, 5.41) is 9.28. The van der Waals surface area contributed by atoms with E-state index in [1.807, 2.05) is 42.3 Å². The van der Waals surface area contributed by atoms with Crippen LogP contribution in [-0.4, -0.2) is 40.7 Å². The van der Waals surface area contributed by atoms with E-state index in [1.165, 1.54) is 12.1 Å². The third-order valence-corrected chi connectivity index (χ3v) is 5.09. The van der Waals surface area contributed by atoms with Gasteiger partial charge in [0.15, 0.2) is 0 Å². The van der Waals surface area contributed by atoms with E-state index < -0.39 is 17.8 Å². The number of nitrogens with zero attached hydrogens (tertiary/aromatic N) is 3. The molecule has 1 aliphatic rings. The topological polar surface area (TPSA) is 83.3 Å². The number of hydrogen-bond donors (Lipinski definition) is 2. The molecule has 162 valence electrons. The number of rotatable bonds is 4. The minimum atomic E-state index is -4.47. The average molecular weight is 431 g/mol. The fourth-order valence-electron chi connectivity index (χ4n) is 3.59. The second-order valence-corrected chi connectivity index (χ2v) is 7.39. The lowest BCUT2D eigenvalue weighted by Gasteiger charge is -2.14. The van der Waals surface area contributed by atoms with E-state index in [4.69, 9.17) is 4.52 Å². The van der Waals surface area contributed by atoms with Gasteiger partial charge in [-0.3, -0.25) is 4.90 Å².